The second kappa shape index (κ2) is 4.33. The molecule has 1 aromatic carbocycles. The van der Waals surface area contributed by atoms with Gasteiger partial charge in [-0.15, -0.1) is 0 Å². The first-order valence-electron chi connectivity index (χ1n) is 7.43. The maximum absolute atomic E-state index is 12.5. The topological polar surface area (TPSA) is 26.3 Å². The second-order valence-corrected chi connectivity index (χ2v) is 6.70. The Morgan fingerprint density at radius 3 is 2.19 bits per heavy atom. The molecular weight excluding hydrogens is 260 g/mol. The van der Waals surface area contributed by atoms with Crippen molar-refractivity contribution in [1.29, 1.82) is 0 Å². The van der Waals surface area contributed by atoms with E-state index in [4.69, 9.17) is 4.74 Å². The molecule has 0 aliphatic heterocycles. The van der Waals surface area contributed by atoms with Crippen LogP contribution in [0.15, 0.2) is 47.1 Å². The standard InChI is InChI=1S/C19H22O2/c1-12-13(2)19(4)11-18(12,3)15(16(19)17(20)21-5)14-9-7-6-8-10-14/h6-10H,11H2,1-5H3. The molecule has 110 valence electrons. The molecule has 0 aromatic heterocycles. The number of esters is 1. The first-order chi connectivity index (χ1) is 9.86. The highest BCUT2D eigenvalue weighted by atomic mass is 16.5. The van der Waals surface area contributed by atoms with E-state index in [0.29, 0.717) is 0 Å². The van der Waals surface area contributed by atoms with Crippen molar-refractivity contribution >= 4 is 11.5 Å². The number of hydrogen-bond acceptors (Lipinski definition) is 2. The molecule has 0 N–H and O–H groups in total. The Balaban J connectivity index is 2.32. The van der Waals surface area contributed by atoms with Crippen molar-refractivity contribution in [3.63, 3.8) is 0 Å². The van der Waals surface area contributed by atoms with Crippen LogP contribution in [-0.4, -0.2) is 13.1 Å². The Morgan fingerprint density at radius 2 is 1.62 bits per heavy atom. The molecule has 0 fully saturated rings. The van der Waals surface area contributed by atoms with Crippen LogP contribution in [0.3, 0.4) is 0 Å². The van der Waals surface area contributed by atoms with Crippen molar-refractivity contribution in [2.45, 2.75) is 34.1 Å². The van der Waals surface area contributed by atoms with Crippen LogP contribution in [0.4, 0.5) is 0 Å². The number of benzene rings is 1. The molecule has 2 aliphatic rings. The second-order valence-electron chi connectivity index (χ2n) is 6.70. The van der Waals surface area contributed by atoms with Crippen LogP contribution in [-0.2, 0) is 9.53 Å². The highest BCUT2D eigenvalue weighted by molar-refractivity contribution is 6.04. The Morgan fingerprint density at radius 1 is 1.05 bits per heavy atom. The molecule has 2 unspecified atom stereocenters. The summed E-state index contributed by atoms with van der Waals surface area (Å²) in [6.45, 7) is 8.80. The lowest BCUT2D eigenvalue weighted by atomic mass is 9.72. The summed E-state index contributed by atoms with van der Waals surface area (Å²) in [6.07, 6.45) is 0.965. The SMILES string of the molecule is COC(=O)C1=C(c2ccccc2)C2(C)CC1(C)C(C)=C2C. The fourth-order valence-corrected chi connectivity index (χ4v) is 4.40. The van der Waals surface area contributed by atoms with Crippen molar-refractivity contribution in [3.8, 4) is 0 Å². The molecule has 0 amide bonds. The van der Waals surface area contributed by atoms with E-state index in [-0.39, 0.29) is 16.8 Å². The summed E-state index contributed by atoms with van der Waals surface area (Å²) in [4.78, 5) is 12.5. The summed E-state index contributed by atoms with van der Waals surface area (Å²) in [5.41, 5.74) is 5.60. The zero-order chi connectivity index (χ0) is 15.4. The molecular formula is C19H22O2. The predicted molar refractivity (Wildman–Crippen MR) is 84.6 cm³/mol. The molecule has 2 bridgehead atoms. The van der Waals surface area contributed by atoms with Gasteiger partial charge >= 0.3 is 5.97 Å². The van der Waals surface area contributed by atoms with Gasteiger partial charge in [-0.2, -0.15) is 0 Å². The zero-order valence-corrected chi connectivity index (χ0v) is 13.4. The van der Waals surface area contributed by atoms with Crippen LogP contribution in [0.1, 0.15) is 39.7 Å². The largest absolute Gasteiger partial charge is 0.466 e. The third kappa shape index (κ3) is 1.62. The van der Waals surface area contributed by atoms with Gasteiger partial charge in [-0.05, 0) is 31.4 Å². The monoisotopic (exact) mass is 282 g/mol. The van der Waals surface area contributed by atoms with Gasteiger partial charge in [0.05, 0.1) is 12.7 Å². The van der Waals surface area contributed by atoms with E-state index in [1.54, 1.807) is 0 Å². The summed E-state index contributed by atoms with van der Waals surface area (Å²) >= 11 is 0. The van der Waals surface area contributed by atoms with Gasteiger partial charge in [-0.25, -0.2) is 4.79 Å². The van der Waals surface area contributed by atoms with E-state index in [1.807, 2.05) is 18.2 Å². The van der Waals surface area contributed by atoms with Crippen molar-refractivity contribution < 1.29 is 9.53 Å². The number of methoxy groups -OCH3 is 1. The van der Waals surface area contributed by atoms with E-state index in [2.05, 4.69) is 39.8 Å². The number of allylic oxidation sites excluding steroid dienone is 3. The summed E-state index contributed by atoms with van der Waals surface area (Å²) in [5.74, 6) is -0.188. The molecule has 3 rings (SSSR count). The van der Waals surface area contributed by atoms with Gasteiger partial charge in [-0.1, -0.05) is 55.3 Å². The van der Waals surface area contributed by atoms with E-state index in [1.165, 1.54) is 18.3 Å². The molecule has 21 heavy (non-hydrogen) atoms. The smallest absolute Gasteiger partial charge is 0.334 e. The Kier molecular flexibility index (Phi) is 2.91. The zero-order valence-electron chi connectivity index (χ0n) is 13.4. The van der Waals surface area contributed by atoms with Gasteiger partial charge in [0.25, 0.3) is 0 Å². The normalized spacial score (nSPS) is 31.1. The highest BCUT2D eigenvalue weighted by Gasteiger charge is 2.59. The van der Waals surface area contributed by atoms with Crippen molar-refractivity contribution in [2.24, 2.45) is 10.8 Å². The molecule has 2 heteroatoms. The Labute approximate surface area is 126 Å². The molecule has 1 aromatic rings. The third-order valence-corrected chi connectivity index (χ3v) is 5.73. The molecule has 0 saturated heterocycles. The molecule has 2 nitrogen and oxygen atoms in total. The molecule has 0 radical (unpaired) electrons. The van der Waals surface area contributed by atoms with Crippen molar-refractivity contribution in [1.82, 2.24) is 0 Å². The van der Waals surface area contributed by atoms with Gasteiger partial charge in [0.2, 0.25) is 0 Å². The van der Waals surface area contributed by atoms with Gasteiger partial charge in [0.1, 0.15) is 0 Å². The first-order valence-corrected chi connectivity index (χ1v) is 7.43. The van der Waals surface area contributed by atoms with Crippen LogP contribution < -0.4 is 0 Å². The van der Waals surface area contributed by atoms with Crippen LogP contribution in [0, 0.1) is 10.8 Å². The Hall–Kier alpha value is -1.83. The molecule has 2 aliphatic carbocycles. The van der Waals surface area contributed by atoms with Gasteiger partial charge < -0.3 is 4.74 Å². The minimum Gasteiger partial charge on any atom is -0.466 e. The maximum Gasteiger partial charge on any atom is 0.334 e. The Bertz CT molecular complexity index is 681. The summed E-state index contributed by atoms with van der Waals surface area (Å²) in [5, 5.41) is 0. The minimum absolute atomic E-state index is 0.0658. The van der Waals surface area contributed by atoms with Gasteiger partial charge in [0, 0.05) is 10.8 Å². The quantitative estimate of drug-likeness (QED) is 0.594. The number of rotatable bonds is 2. The van der Waals surface area contributed by atoms with Crippen molar-refractivity contribution in [2.75, 3.05) is 7.11 Å². The summed E-state index contributed by atoms with van der Waals surface area (Å²) in [7, 11) is 1.47. The van der Waals surface area contributed by atoms with E-state index in [9.17, 15) is 4.79 Å². The molecule has 0 heterocycles. The lowest BCUT2D eigenvalue weighted by molar-refractivity contribution is -0.136. The first kappa shape index (κ1) is 14.1. The van der Waals surface area contributed by atoms with E-state index < -0.39 is 0 Å². The average molecular weight is 282 g/mol. The van der Waals surface area contributed by atoms with Crippen LogP contribution in [0.5, 0.6) is 0 Å². The average Bonchev–Trinajstić information content (AvgIpc) is 2.84. The van der Waals surface area contributed by atoms with Crippen LogP contribution in [0.25, 0.3) is 5.57 Å². The third-order valence-electron chi connectivity index (χ3n) is 5.73. The lowest BCUT2D eigenvalue weighted by Crippen LogP contribution is -2.24. The number of ether oxygens (including phenoxy) is 1. The van der Waals surface area contributed by atoms with Crippen LogP contribution >= 0.6 is 0 Å². The number of hydrogen-bond donors (Lipinski definition) is 0. The van der Waals surface area contributed by atoms with E-state index >= 15 is 0 Å². The lowest BCUT2D eigenvalue weighted by Gasteiger charge is -2.31. The summed E-state index contributed by atoms with van der Waals surface area (Å²) < 4.78 is 5.11. The maximum atomic E-state index is 12.5. The number of carbonyl (C=O) groups is 1. The predicted octanol–water partition coefficient (Wildman–Crippen LogP) is 4.38. The summed E-state index contributed by atoms with van der Waals surface area (Å²) in [6, 6.07) is 10.3. The highest BCUT2D eigenvalue weighted by Crippen LogP contribution is 2.68. The van der Waals surface area contributed by atoms with Gasteiger partial charge in [0.15, 0.2) is 0 Å². The fraction of sp³-hybridized carbons (Fsp3) is 0.421. The van der Waals surface area contributed by atoms with Crippen molar-refractivity contribution in [3.05, 3.63) is 52.6 Å². The fourth-order valence-electron chi connectivity index (χ4n) is 4.40. The van der Waals surface area contributed by atoms with E-state index in [0.717, 1.165) is 23.1 Å². The molecule has 0 saturated carbocycles. The van der Waals surface area contributed by atoms with Gasteiger partial charge in [-0.3, -0.25) is 0 Å². The van der Waals surface area contributed by atoms with Crippen LogP contribution in [0.2, 0.25) is 0 Å². The number of fused-ring (bicyclic) bond motifs is 2. The minimum atomic E-state index is -0.197. The molecule has 2 atom stereocenters. The molecule has 0 spiro atoms. The number of carbonyl (C=O) groups excluding carboxylic acids is 1.